The molecular formula is C9H12N2O2S. The highest BCUT2D eigenvalue weighted by Gasteiger charge is 2.06. The topological polar surface area (TPSA) is 68.2 Å². The molecule has 0 radical (unpaired) electrons. The van der Waals surface area contributed by atoms with Gasteiger partial charge in [-0.25, -0.2) is 0 Å². The minimum atomic E-state index is -0.575. The fourth-order valence-corrected chi connectivity index (χ4v) is 1.31. The molecule has 0 bridgehead atoms. The van der Waals surface area contributed by atoms with Gasteiger partial charge in [-0.15, -0.1) is 0 Å². The first kappa shape index (κ1) is 10.9. The number of pyridine rings is 1. The van der Waals surface area contributed by atoms with Crippen molar-refractivity contribution in [1.82, 2.24) is 4.57 Å². The van der Waals surface area contributed by atoms with Gasteiger partial charge in [-0.2, -0.15) is 0 Å². The van der Waals surface area contributed by atoms with Crippen molar-refractivity contribution in [2.24, 2.45) is 5.73 Å². The number of nitrogens with two attached hydrogens (primary N) is 1. The molecule has 1 atom stereocenters. The molecule has 1 unspecified atom stereocenters. The van der Waals surface area contributed by atoms with E-state index in [0.717, 1.165) is 0 Å². The molecular weight excluding hydrogens is 200 g/mol. The van der Waals surface area contributed by atoms with Crippen molar-refractivity contribution < 1.29 is 5.11 Å². The molecule has 0 aliphatic heterocycles. The summed E-state index contributed by atoms with van der Waals surface area (Å²) in [5, 5.41) is 9.14. The zero-order valence-corrected chi connectivity index (χ0v) is 8.62. The van der Waals surface area contributed by atoms with E-state index >= 15 is 0 Å². The van der Waals surface area contributed by atoms with Gasteiger partial charge in [-0.05, 0) is 19.1 Å². The summed E-state index contributed by atoms with van der Waals surface area (Å²) in [6.07, 6.45) is 1.02. The molecule has 1 rings (SSSR count). The number of aromatic nitrogens is 1. The average Bonchev–Trinajstić information content (AvgIpc) is 2.07. The van der Waals surface area contributed by atoms with Crippen LogP contribution in [0.4, 0.5) is 0 Å². The van der Waals surface area contributed by atoms with Crippen LogP contribution in [-0.2, 0) is 6.54 Å². The van der Waals surface area contributed by atoms with Crippen LogP contribution in [0.15, 0.2) is 23.1 Å². The van der Waals surface area contributed by atoms with Gasteiger partial charge < -0.3 is 15.4 Å². The summed E-state index contributed by atoms with van der Waals surface area (Å²) in [5.74, 6) is 0. The normalized spacial score (nSPS) is 12.4. The van der Waals surface area contributed by atoms with Crippen LogP contribution in [0.5, 0.6) is 0 Å². The predicted octanol–water partition coefficient (Wildman–Crippen LogP) is -0.137. The zero-order chi connectivity index (χ0) is 10.7. The zero-order valence-electron chi connectivity index (χ0n) is 7.80. The van der Waals surface area contributed by atoms with E-state index in [2.05, 4.69) is 0 Å². The van der Waals surface area contributed by atoms with Crippen LogP contribution in [0, 0.1) is 0 Å². The Bertz CT molecular complexity index is 398. The molecule has 0 aromatic carbocycles. The van der Waals surface area contributed by atoms with Crippen LogP contribution in [0.1, 0.15) is 12.5 Å². The Morgan fingerprint density at radius 1 is 1.79 bits per heavy atom. The summed E-state index contributed by atoms with van der Waals surface area (Å²) in [6, 6.07) is 3.25. The van der Waals surface area contributed by atoms with Crippen LogP contribution in [0.25, 0.3) is 0 Å². The van der Waals surface area contributed by atoms with Gasteiger partial charge >= 0.3 is 0 Å². The van der Waals surface area contributed by atoms with Gasteiger partial charge in [0.05, 0.1) is 18.2 Å². The highest BCUT2D eigenvalue weighted by molar-refractivity contribution is 7.80. The lowest BCUT2D eigenvalue weighted by molar-refractivity contribution is 0.172. The summed E-state index contributed by atoms with van der Waals surface area (Å²) in [7, 11) is 0. The fraction of sp³-hybridized carbons (Fsp3) is 0.333. The predicted molar refractivity (Wildman–Crippen MR) is 58.3 cm³/mol. The van der Waals surface area contributed by atoms with Gasteiger partial charge in [0, 0.05) is 6.20 Å². The molecule has 0 amide bonds. The third-order valence-electron chi connectivity index (χ3n) is 1.75. The molecule has 3 N–H and O–H groups in total. The highest BCUT2D eigenvalue weighted by atomic mass is 32.1. The van der Waals surface area contributed by atoms with Crippen molar-refractivity contribution >= 4 is 17.2 Å². The standard InChI is InChI=1S/C9H12N2O2S/c1-6(12)5-11-4-2-3-7(8(10)14)9(11)13/h2-4,6,12H,5H2,1H3,(H2,10,14). The van der Waals surface area contributed by atoms with Crippen LogP contribution in [0.2, 0.25) is 0 Å². The van der Waals surface area contributed by atoms with Crippen molar-refractivity contribution in [3.63, 3.8) is 0 Å². The lowest BCUT2D eigenvalue weighted by Crippen LogP contribution is -2.30. The Morgan fingerprint density at radius 3 is 2.93 bits per heavy atom. The number of hydrogen-bond acceptors (Lipinski definition) is 3. The average molecular weight is 212 g/mol. The number of aliphatic hydroxyl groups excluding tert-OH is 1. The molecule has 14 heavy (non-hydrogen) atoms. The highest BCUT2D eigenvalue weighted by Crippen LogP contribution is 1.93. The lowest BCUT2D eigenvalue weighted by atomic mass is 10.2. The Labute approximate surface area is 87.0 Å². The van der Waals surface area contributed by atoms with E-state index in [1.165, 1.54) is 4.57 Å². The number of thiocarbonyl (C=S) groups is 1. The van der Waals surface area contributed by atoms with Crippen LogP contribution in [0.3, 0.4) is 0 Å². The molecule has 0 fully saturated rings. The minimum absolute atomic E-state index is 0.0787. The number of hydrogen-bond donors (Lipinski definition) is 2. The molecule has 0 aliphatic rings. The maximum Gasteiger partial charge on any atom is 0.260 e. The molecule has 0 saturated carbocycles. The second kappa shape index (κ2) is 4.34. The third kappa shape index (κ3) is 2.40. The van der Waals surface area contributed by atoms with Crippen molar-refractivity contribution in [1.29, 1.82) is 0 Å². The number of rotatable bonds is 3. The van der Waals surface area contributed by atoms with Gasteiger partial charge in [0.1, 0.15) is 4.99 Å². The SMILES string of the molecule is CC(O)Cn1cccc(C(N)=S)c1=O. The lowest BCUT2D eigenvalue weighted by Gasteiger charge is -2.08. The smallest absolute Gasteiger partial charge is 0.260 e. The van der Waals surface area contributed by atoms with Crippen molar-refractivity contribution in [3.05, 3.63) is 34.2 Å². The molecule has 0 spiro atoms. The van der Waals surface area contributed by atoms with Gasteiger partial charge in [0.2, 0.25) is 0 Å². The summed E-state index contributed by atoms with van der Waals surface area (Å²) in [4.78, 5) is 11.7. The Kier molecular flexibility index (Phi) is 3.38. The molecule has 1 aromatic heterocycles. The minimum Gasteiger partial charge on any atom is -0.392 e. The molecule has 1 heterocycles. The first-order chi connectivity index (χ1) is 6.52. The molecule has 76 valence electrons. The van der Waals surface area contributed by atoms with E-state index in [1.807, 2.05) is 0 Å². The van der Waals surface area contributed by atoms with Gasteiger partial charge in [0.15, 0.2) is 0 Å². The van der Waals surface area contributed by atoms with E-state index in [-0.39, 0.29) is 17.1 Å². The maximum atomic E-state index is 11.6. The molecule has 5 heteroatoms. The Balaban J connectivity index is 3.15. The molecule has 0 aliphatic carbocycles. The van der Waals surface area contributed by atoms with Gasteiger partial charge in [-0.3, -0.25) is 4.79 Å². The van der Waals surface area contributed by atoms with Gasteiger partial charge in [0.25, 0.3) is 5.56 Å². The molecule has 1 aromatic rings. The van der Waals surface area contributed by atoms with Crippen molar-refractivity contribution in [2.75, 3.05) is 0 Å². The number of aliphatic hydroxyl groups is 1. The van der Waals surface area contributed by atoms with Crippen LogP contribution >= 0.6 is 12.2 Å². The molecule has 4 nitrogen and oxygen atoms in total. The number of nitrogens with zero attached hydrogens (tertiary/aromatic N) is 1. The van der Waals surface area contributed by atoms with Crippen LogP contribution < -0.4 is 11.3 Å². The van der Waals surface area contributed by atoms with E-state index in [4.69, 9.17) is 23.1 Å². The largest absolute Gasteiger partial charge is 0.392 e. The maximum absolute atomic E-state index is 11.6. The van der Waals surface area contributed by atoms with E-state index in [1.54, 1.807) is 25.3 Å². The van der Waals surface area contributed by atoms with E-state index in [9.17, 15) is 4.79 Å². The Hall–Kier alpha value is -1.20. The van der Waals surface area contributed by atoms with Gasteiger partial charge in [-0.1, -0.05) is 12.2 Å². The quantitative estimate of drug-likeness (QED) is 0.684. The first-order valence-corrected chi connectivity index (χ1v) is 4.60. The second-order valence-corrected chi connectivity index (χ2v) is 3.53. The summed E-state index contributed by atoms with van der Waals surface area (Å²) < 4.78 is 1.39. The Morgan fingerprint density at radius 2 is 2.43 bits per heavy atom. The third-order valence-corrected chi connectivity index (χ3v) is 1.97. The summed E-state index contributed by atoms with van der Waals surface area (Å²) in [5.41, 5.74) is 5.42. The van der Waals surface area contributed by atoms with Crippen LogP contribution in [-0.4, -0.2) is 20.8 Å². The molecule has 0 saturated heterocycles. The summed E-state index contributed by atoms with van der Waals surface area (Å²) >= 11 is 4.72. The summed E-state index contributed by atoms with van der Waals surface area (Å²) in [6.45, 7) is 1.86. The van der Waals surface area contributed by atoms with E-state index in [0.29, 0.717) is 5.56 Å². The van der Waals surface area contributed by atoms with Crippen molar-refractivity contribution in [3.8, 4) is 0 Å². The fourth-order valence-electron chi connectivity index (χ4n) is 1.15. The first-order valence-electron chi connectivity index (χ1n) is 4.19. The van der Waals surface area contributed by atoms with E-state index < -0.39 is 6.10 Å². The second-order valence-electron chi connectivity index (χ2n) is 3.09. The van der Waals surface area contributed by atoms with Crippen molar-refractivity contribution in [2.45, 2.75) is 19.6 Å². The monoisotopic (exact) mass is 212 g/mol.